The number of amides is 1. The summed E-state index contributed by atoms with van der Waals surface area (Å²) in [6, 6.07) is 20.1. The standard InChI is InChI=1S/C26H28ClN3O4S/c1-3-4-16-34-25-13-9-8-10-21(25)18-28-29-26(31)19-30(22-15-14-20(2)24(27)17-22)35(32,33)23-11-6-5-7-12-23/h5-15,17-18H,3-4,16,19H2,1-2H3,(H,29,31). The number of carbonyl (C=O) groups excluding carboxylic acids is 1. The summed E-state index contributed by atoms with van der Waals surface area (Å²) in [5.41, 5.74) is 4.18. The normalized spacial score (nSPS) is 11.4. The summed E-state index contributed by atoms with van der Waals surface area (Å²) in [7, 11) is -4.03. The first-order chi connectivity index (χ1) is 16.8. The largest absolute Gasteiger partial charge is 0.493 e. The number of nitrogens with one attached hydrogen (secondary N) is 1. The molecular formula is C26H28ClN3O4S. The Kier molecular flexibility index (Phi) is 9.28. The highest BCUT2D eigenvalue weighted by atomic mass is 35.5. The number of anilines is 1. The minimum atomic E-state index is -4.03. The first-order valence-corrected chi connectivity index (χ1v) is 13.0. The highest BCUT2D eigenvalue weighted by Gasteiger charge is 2.27. The van der Waals surface area contributed by atoms with Gasteiger partial charge < -0.3 is 4.74 Å². The number of ether oxygens (including phenoxy) is 1. The molecule has 7 nitrogen and oxygen atoms in total. The Bertz CT molecular complexity index is 1280. The van der Waals surface area contributed by atoms with Gasteiger partial charge in [0.15, 0.2) is 0 Å². The second kappa shape index (κ2) is 12.4. The molecular weight excluding hydrogens is 486 g/mol. The van der Waals surface area contributed by atoms with Gasteiger partial charge in [0.1, 0.15) is 12.3 Å². The van der Waals surface area contributed by atoms with E-state index in [4.69, 9.17) is 16.3 Å². The lowest BCUT2D eigenvalue weighted by atomic mass is 10.2. The van der Waals surface area contributed by atoms with E-state index >= 15 is 0 Å². The molecule has 184 valence electrons. The van der Waals surface area contributed by atoms with E-state index in [-0.39, 0.29) is 10.6 Å². The summed E-state index contributed by atoms with van der Waals surface area (Å²) in [6.07, 6.45) is 3.41. The number of rotatable bonds is 11. The van der Waals surface area contributed by atoms with Crippen molar-refractivity contribution in [1.82, 2.24) is 5.43 Å². The van der Waals surface area contributed by atoms with Gasteiger partial charge in [-0.05, 0) is 55.3 Å². The van der Waals surface area contributed by atoms with Crippen LogP contribution in [0.1, 0.15) is 30.9 Å². The summed E-state index contributed by atoms with van der Waals surface area (Å²) >= 11 is 6.24. The van der Waals surface area contributed by atoms with E-state index in [1.165, 1.54) is 24.4 Å². The maximum absolute atomic E-state index is 13.4. The monoisotopic (exact) mass is 513 g/mol. The molecule has 0 aliphatic rings. The fraction of sp³-hybridized carbons (Fsp3) is 0.231. The number of hydrogen-bond donors (Lipinski definition) is 1. The molecule has 0 aliphatic carbocycles. The maximum atomic E-state index is 13.4. The third-order valence-corrected chi connectivity index (χ3v) is 7.32. The molecule has 0 aromatic heterocycles. The topological polar surface area (TPSA) is 88.1 Å². The molecule has 0 saturated heterocycles. The van der Waals surface area contributed by atoms with Gasteiger partial charge >= 0.3 is 0 Å². The number of carbonyl (C=O) groups is 1. The van der Waals surface area contributed by atoms with Crippen LogP contribution in [0, 0.1) is 6.92 Å². The number of nitrogens with zero attached hydrogens (tertiary/aromatic N) is 2. The fourth-order valence-electron chi connectivity index (χ4n) is 3.16. The number of sulfonamides is 1. The van der Waals surface area contributed by atoms with Crippen molar-refractivity contribution in [2.24, 2.45) is 5.10 Å². The van der Waals surface area contributed by atoms with Gasteiger partial charge in [-0.2, -0.15) is 5.10 Å². The Morgan fingerprint density at radius 2 is 1.80 bits per heavy atom. The number of para-hydroxylation sites is 1. The molecule has 3 aromatic rings. The zero-order valence-corrected chi connectivity index (χ0v) is 21.2. The van der Waals surface area contributed by atoms with E-state index in [1.807, 2.05) is 31.2 Å². The SMILES string of the molecule is CCCCOc1ccccc1C=NNC(=O)CN(c1ccc(C)c(Cl)c1)S(=O)(=O)c1ccccc1. The zero-order chi connectivity index (χ0) is 25.3. The molecule has 0 atom stereocenters. The molecule has 9 heteroatoms. The van der Waals surface area contributed by atoms with Crippen LogP contribution in [0.2, 0.25) is 5.02 Å². The Labute approximate surface area is 211 Å². The number of benzene rings is 3. The van der Waals surface area contributed by atoms with Gasteiger partial charge in [0.05, 0.1) is 23.4 Å². The van der Waals surface area contributed by atoms with E-state index in [9.17, 15) is 13.2 Å². The molecule has 0 heterocycles. The number of hydrazone groups is 1. The Morgan fingerprint density at radius 3 is 2.51 bits per heavy atom. The smallest absolute Gasteiger partial charge is 0.264 e. The Balaban J connectivity index is 1.80. The molecule has 0 spiro atoms. The van der Waals surface area contributed by atoms with E-state index in [1.54, 1.807) is 30.3 Å². The second-order valence-corrected chi connectivity index (χ2v) is 10.1. The molecule has 1 N–H and O–H groups in total. The lowest BCUT2D eigenvalue weighted by Gasteiger charge is -2.24. The molecule has 3 aromatic carbocycles. The minimum Gasteiger partial charge on any atom is -0.493 e. The molecule has 0 fully saturated rings. The van der Waals surface area contributed by atoms with Crippen molar-refractivity contribution >= 4 is 39.4 Å². The number of hydrogen-bond acceptors (Lipinski definition) is 5. The summed E-state index contributed by atoms with van der Waals surface area (Å²) in [5.74, 6) is 0.0448. The van der Waals surface area contributed by atoms with Gasteiger partial charge in [0, 0.05) is 10.6 Å². The fourth-order valence-corrected chi connectivity index (χ4v) is 4.76. The van der Waals surface area contributed by atoms with Crippen LogP contribution in [0.25, 0.3) is 0 Å². The molecule has 0 bridgehead atoms. The van der Waals surface area contributed by atoms with Crippen LogP contribution < -0.4 is 14.5 Å². The first kappa shape index (κ1) is 26.2. The van der Waals surface area contributed by atoms with Crippen molar-refractivity contribution < 1.29 is 17.9 Å². The van der Waals surface area contributed by atoms with Crippen LogP contribution in [0.4, 0.5) is 5.69 Å². The van der Waals surface area contributed by atoms with E-state index < -0.39 is 22.5 Å². The van der Waals surface area contributed by atoms with Gasteiger partial charge in [-0.25, -0.2) is 13.8 Å². The van der Waals surface area contributed by atoms with E-state index in [2.05, 4.69) is 17.5 Å². The van der Waals surface area contributed by atoms with Gasteiger partial charge in [-0.1, -0.05) is 61.3 Å². The highest BCUT2D eigenvalue weighted by molar-refractivity contribution is 7.92. The van der Waals surface area contributed by atoms with Crippen molar-refractivity contribution in [2.75, 3.05) is 17.5 Å². The van der Waals surface area contributed by atoms with E-state index in [0.717, 1.165) is 22.7 Å². The quantitative estimate of drug-likeness (QED) is 0.217. The van der Waals surface area contributed by atoms with Crippen LogP contribution in [-0.2, 0) is 14.8 Å². The van der Waals surface area contributed by atoms with Gasteiger partial charge in [-0.15, -0.1) is 0 Å². The average molecular weight is 514 g/mol. The average Bonchev–Trinajstić information content (AvgIpc) is 2.86. The second-order valence-electron chi connectivity index (χ2n) is 7.79. The van der Waals surface area contributed by atoms with Crippen LogP contribution in [0.15, 0.2) is 82.8 Å². The lowest BCUT2D eigenvalue weighted by molar-refractivity contribution is -0.119. The van der Waals surface area contributed by atoms with Gasteiger partial charge in [-0.3, -0.25) is 9.10 Å². The third kappa shape index (κ3) is 7.07. The van der Waals surface area contributed by atoms with Gasteiger partial charge in [0.25, 0.3) is 15.9 Å². The van der Waals surface area contributed by atoms with E-state index in [0.29, 0.717) is 22.9 Å². The first-order valence-electron chi connectivity index (χ1n) is 11.2. The van der Waals surface area contributed by atoms with Crippen molar-refractivity contribution in [2.45, 2.75) is 31.6 Å². The molecule has 0 unspecified atom stereocenters. The number of halogens is 1. The molecule has 0 aliphatic heterocycles. The third-order valence-electron chi connectivity index (χ3n) is 5.13. The molecule has 1 amide bonds. The predicted molar refractivity (Wildman–Crippen MR) is 140 cm³/mol. The lowest BCUT2D eigenvalue weighted by Crippen LogP contribution is -2.39. The maximum Gasteiger partial charge on any atom is 0.264 e. The summed E-state index contributed by atoms with van der Waals surface area (Å²) in [6.45, 7) is 3.99. The zero-order valence-electron chi connectivity index (χ0n) is 19.6. The van der Waals surface area contributed by atoms with Crippen molar-refractivity contribution in [3.63, 3.8) is 0 Å². The van der Waals surface area contributed by atoms with Gasteiger partial charge in [0.2, 0.25) is 0 Å². The van der Waals surface area contributed by atoms with Crippen molar-refractivity contribution in [3.05, 3.63) is 88.9 Å². The number of aryl methyl sites for hydroxylation is 1. The Morgan fingerprint density at radius 1 is 1.09 bits per heavy atom. The Hall–Kier alpha value is -3.36. The molecule has 35 heavy (non-hydrogen) atoms. The molecule has 0 radical (unpaired) electrons. The highest BCUT2D eigenvalue weighted by Crippen LogP contribution is 2.28. The van der Waals surface area contributed by atoms with Crippen molar-refractivity contribution in [3.8, 4) is 5.75 Å². The number of unbranched alkanes of at least 4 members (excludes halogenated alkanes) is 1. The van der Waals surface area contributed by atoms with Crippen LogP contribution in [0.3, 0.4) is 0 Å². The van der Waals surface area contributed by atoms with Crippen molar-refractivity contribution in [1.29, 1.82) is 0 Å². The minimum absolute atomic E-state index is 0.0613. The summed E-state index contributed by atoms with van der Waals surface area (Å²) in [4.78, 5) is 12.8. The van der Waals surface area contributed by atoms with Crippen LogP contribution in [0.5, 0.6) is 5.75 Å². The molecule has 0 saturated carbocycles. The predicted octanol–water partition coefficient (Wildman–Crippen LogP) is 5.17. The summed E-state index contributed by atoms with van der Waals surface area (Å²) in [5, 5.41) is 4.41. The molecule has 3 rings (SSSR count). The van der Waals surface area contributed by atoms with Crippen LogP contribution in [-0.4, -0.2) is 33.7 Å². The summed E-state index contributed by atoms with van der Waals surface area (Å²) < 4.78 is 33.5. The van der Waals surface area contributed by atoms with Crippen LogP contribution >= 0.6 is 11.6 Å².